The number of rotatable bonds is 11. The van der Waals surface area contributed by atoms with Crippen LogP contribution in [0.25, 0.3) is 17.0 Å². The number of para-hydroxylation sites is 1. The highest BCUT2D eigenvalue weighted by Crippen LogP contribution is 2.50. The number of esters is 1. The lowest BCUT2D eigenvalue weighted by atomic mass is 9.59. The maximum atomic E-state index is 14.5. The lowest BCUT2D eigenvalue weighted by Crippen LogP contribution is -2.49. The molecular weight excluding hydrogens is 715 g/mol. The molecular formula is C38H51Cl3N4O6. The normalized spacial score (nSPS) is 20.5. The number of nitrogens with zero attached hydrogens (tertiary/aromatic N) is 3. The average Bonchev–Trinajstić information content (AvgIpc) is 3.58. The molecule has 3 atom stereocenters. The summed E-state index contributed by atoms with van der Waals surface area (Å²) >= 11 is 17.3. The minimum Gasteiger partial charge on any atom is -0.490 e. The first-order valence-corrected chi connectivity index (χ1v) is 18.8. The molecule has 1 aromatic carbocycles. The van der Waals surface area contributed by atoms with E-state index < -0.39 is 28.6 Å². The smallest absolute Gasteiger partial charge is 0.490 e. The highest BCUT2D eigenvalue weighted by atomic mass is 35.6. The molecule has 3 aromatic rings. The molecule has 0 aliphatic heterocycles. The summed E-state index contributed by atoms with van der Waals surface area (Å²) in [5.74, 6) is 0.363. The molecule has 4 rings (SSSR count). The highest BCUT2D eigenvalue weighted by Gasteiger charge is 2.48. The van der Waals surface area contributed by atoms with Crippen molar-refractivity contribution < 1.29 is 28.5 Å². The molecule has 1 N–H and O–H groups in total. The van der Waals surface area contributed by atoms with Crippen LogP contribution in [0.15, 0.2) is 24.3 Å². The molecule has 10 nitrogen and oxygen atoms in total. The fourth-order valence-corrected chi connectivity index (χ4v) is 7.19. The van der Waals surface area contributed by atoms with Crippen LogP contribution in [0.3, 0.4) is 0 Å². The van der Waals surface area contributed by atoms with Gasteiger partial charge >= 0.3 is 12.1 Å². The first kappa shape index (κ1) is 40.6. The molecule has 1 fully saturated rings. The molecule has 0 bridgehead atoms. The number of carbonyl (C=O) groups is 2. The van der Waals surface area contributed by atoms with Crippen LogP contribution in [-0.2, 0) is 9.47 Å². The Labute approximate surface area is 316 Å². The number of hydrogen-bond acceptors (Lipinski definition) is 8. The van der Waals surface area contributed by atoms with Crippen LogP contribution in [0, 0.1) is 39.9 Å². The van der Waals surface area contributed by atoms with Crippen LogP contribution in [0.1, 0.15) is 117 Å². The zero-order chi connectivity index (χ0) is 37.9. The number of aromatic amines is 1. The van der Waals surface area contributed by atoms with Gasteiger partial charge in [0.25, 0.3) is 0 Å². The standard InChI is InChI=1S/C38H51Cl3N4O6/c1-10-12-15-23(11-2)49-28-17-14-13-16-24(28)31-43-32-29(25(20-42)33(45(32)44-31)51-35(47)48-21-38(39,40)41)34(46)50-30-26(36(4,5)6)18-22(3)19-27(30)37(7,8)9/h13-14,16-17,22-23,26-27,30H,10-12,15,18-19,21H2,1-9H3,(H,43,44). The van der Waals surface area contributed by atoms with Crippen molar-refractivity contribution in [2.45, 2.75) is 117 Å². The van der Waals surface area contributed by atoms with Crippen molar-refractivity contribution in [1.82, 2.24) is 14.6 Å². The van der Waals surface area contributed by atoms with Gasteiger partial charge in [-0.15, -0.1) is 0 Å². The molecule has 51 heavy (non-hydrogen) atoms. The van der Waals surface area contributed by atoms with Gasteiger partial charge in [-0.05, 0) is 54.6 Å². The number of carbonyl (C=O) groups excluding carboxylic acids is 2. The number of nitrogens with one attached hydrogen (secondary N) is 1. The summed E-state index contributed by atoms with van der Waals surface area (Å²) in [7, 11) is 0. The van der Waals surface area contributed by atoms with Crippen LogP contribution < -0.4 is 9.47 Å². The zero-order valence-corrected chi connectivity index (χ0v) is 33.3. The zero-order valence-electron chi connectivity index (χ0n) is 31.1. The molecule has 13 heteroatoms. The predicted molar refractivity (Wildman–Crippen MR) is 200 cm³/mol. The average molecular weight is 766 g/mol. The van der Waals surface area contributed by atoms with E-state index in [0.717, 1.165) is 38.5 Å². The second-order valence-corrected chi connectivity index (χ2v) is 18.3. The largest absolute Gasteiger partial charge is 0.515 e. The van der Waals surface area contributed by atoms with E-state index in [1.165, 1.54) is 4.52 Å². The van der Waals surface area contributed by atoms with Crippen molar-refractivity contribution in [3.05, 3.63) is 35.4 Å². The quantitative estimate of drug-likeness (QED) is 0.151. The molecule has 0 radical (unpaired) electrons. The number of fused-ring (bicyclic) bond motifs is 1. The predicted octanol–water partition coefficient (Wildman–Crippen LogP) is 10.7. The van der Waals surface area contributed by atoms with Crippen molar-refractivity contribution >= 4 is 52.6 Å². The molecule has 0 amide bonds. The van der Waals surface area contributed by atoms with Gasteiger partial charge < -0.3 is 18.9 Å². The van der Waals surface area contributed by atoms with Crippen LogP contribution in [-0.4, -0.2) is 49.3 Å². The summed E-state index contributed by atoms with van der Waals surface area (Å²) in [4.78, 5) is 32.2. The van der Waals surface area contributed by atoms with Gasteiger partial charge in [0.05, 0.1) is 11.7 Å². The van der Waals surface area contributed by atoms with E-state index in [1.54, 1.807) is 0 Å². The Balaban J connectivity index is 1.86. The highest BCUT2D eigenvalue weighted by molar-refractivity contribution is 6.67. The van der Waals surface area contributed by atoms with Gasteiger partial charge in [-0.1, -0.05) is 122 Å². The summed E-state index contributed by atoms with van der Waals surface area (Å²) in [5.41, 5.74) is -0.0953. The molecule has 3 unspecified atom stereocenters. The van der Waals surface area contributed by atoms with Crippen LogP contribution in [0.2, 0.25) is 0 Å². The molecule has 2 aromatic heterocycles. The van der Waals surface area contributed by atoms with Crippen LogP contribution >= 0.6 is 34.8 Å². The summed E-state index contributed by atoms with van der Waals surface area (Å²) in [6.45, 7) is 18.8. The SMILES string of the molecule is CCCCC(CC)Oc1ccccc1-c1nc2c(C(=O)OC3C(C(C)(C)C)CC(C)CC3C(C)(C)C)c(C#N)c(OC(=O)OCC(Cl)(Cl)Cl)n2[nH]1. The molecule has 1 saturated carbocycles. The lowest BCUT2D eigenvalue weighted by molar-refractivity contribution is -0.0922. The third-order valence-corrected chi connectivity index (χ3v) is 10.1. The number of benzene rings is 1. The first-order chi connectivity index (χ1) is 23.8. The van der Waals surface area contributed by atoms with Gasteiger partial charge in [0.15, 0.2) is 11.5 Å². The molecule has 0 spiro atoms. The van der Waals surface area contributed by atoms with E-state index in [9.17, 15) is 14.9 Å². The third-order valence-electron chi connectivity index (χ3n) is 9.73. The molecule has 0 saturated heterocycles. The van der Waals surface area contributed by atoms with Gasteiger partial charge in [-0.3, -0.25) is 5.10 Å². The molecule has 1 aliphatic carbocycles. The molecule has 2 heterocycles. The fraction of sp³-hybridized carbons (Fsp3) is 0.632. The number of ether oxygens (including phenoxy) is 4. The summed E-state index contributed by atoms with van der Waals surface area (Å²) in [6.07, 6.45) is 3.83. The van der Waals surface area contributed by atoms with Crippen LogP contribution in [0.5, 0.6) is 11.6 Å². The van der Waals surface area contributed by atoms with Crippen molar-refractivity contribution in [2.75, 3.05) is 6.61 Å². The second-order valence-electron chi connectivity index (χ2n) is 15.8. The number of H-pyrrole nitrogens is 1. The number of hydrogen-bond donors (Lipinski definition) is 1. The number of nitriles is 1. The van der Waals surface area contributed by atoms with Gasteiger partial charge in [0, 0.05) is 11.8 Å². The topological polar surface area (TPSA) is 128 Å². The second kappa shape index (κ2) is 16.3. The Kier molecular flexibility index (Phi) is 13.0. The van der Waals surface area contributed by atoms with E-state index in [0.29, 0.717) is 23.1 Å². The lowest BCUT2D eigenvalue weighted by Gasteiger charge is -2.50. The van der Waals surface area contributed by atoms with Gasteiger partial charge in [0.2, 0.25) is 9.67 Å². The van der Waals surface area contributed by atoms with Crippen LogP contribution in [0.4, 0.5) is 4.79 Å². The van der Waals surface area contributed by atoms with Gasteiger partial charge in [-0.2, -0.15) is 5.26 Å². The minimum atomic E-state index is -1.90. The summed E-state index contributed by atoms with van der Waals surface area (Å²) in [5, 5.41) is 13.6. The van der Waals surface area contributed by atoms with E-state index in [1.807, 2.05) is 30.3 Å². The Morgan fingerprint density at radius 3 is 2.24 bits per heavy atom. The van der Waals surface area contributed by atoms with Crippen molar-refractivity contribution in [3.63, 3.8) is 0 Å². The van der Waals surface area contributed by atoms with Crippen molar-refractivity contribution in [3.8, 4) is 29.1 Å². The number of unbranched alkanes of at least 4 members (excludes halogenated alkanes) is 1. The number of alkyl halides is 3. The van der Waals surface area contributed by atoms with E-state index in [2.05, 4.69) is 67.4 Å². The Hall–Kier alpha value is -3.13. The van der Waals surface area contributed by atoms with E-state index >= 15 is 0 Å². The van der Waals surface area contributed by atoms with Gasteiger partial charge in [0.1, 0.15) is 35.7 Å². The summed E-state index contributed by atoms with van der Waals surface area (Å²) in [6, 6.07) is 9.44. The van der Waals surface area contributed by atoms with E-state index in [-0.39, 0.29) is 51.4 Å². The fourth-order valence-electron chi connectivity index (χ4n) is 7.02. The molecule has 280 valence electrons. The monoisotopic (exact) mass is 764 g/mol. The maximum absolute atomic E-state index is 14.5. The Morgan fingerprint density at radius 2 is 1.69 bits per heavy atom. The third kappa shape index (κ3) is 9.85. The maximum Gasteiger partial charge on any atom is 0.515 e. The number of halogens is 3. The van der Waals surface area contributed by atoms with Gasteiger partial charge in [-0.25, -0.2) is 19.1 Å². The minimum absolute atomic E-state index is 0.0148. The van der Waals surface area contributed by atoms with E-state index in [4.69, 9.17) is 58.7 Å². The Bertz CT molecular complexity index is 1700. The first-order valence-electron chi connectivity index (χ1n) is 17.7. The molecule has 1 aliphatic rings. The number of aromatic nitrogens is 3. The summed E-state index contributed by atoms with van der Waals surface area (Å²) < 4.78 is 22.9. The van der Waals surface area contributed by atoms with Crippen molar-refractivity contribution in [2.24, 2.45) is 28.6 Å². The Morgan fingerprint density at radius 1 is 1.06 bits per heavy atom. The van der Waals surface area contributed by atoms with Crippen molar-refractivity contribution in [1.29, 1.82) is 5.26 Å².